The van der Waals surface area contributed by atoms with Gasteiger partial charge in [-0.2, -0.15) is 0 Å². The lowest BCUT2D eigenvalue weighted by atomic mass is 9.92. The topological polar surface area (TPSA) is 52.6 Å². The maximum atomic E-state index is 12.4. The molecule has 0 bridgehead atoms. The van der Waals surface area contributed by atoms with E-state index >= 15 is 0 Å². The molecule has 1 aliphatic rings. The lowest BCUT2D eigenvalue weighted by Crippen LogP contribution is -2.46. The number of rotatable bonds is 5. The number of nitrogens with one attached hydrogen (secondary N) is 1. The predicted octanol–water partition coefficient (Wildman–Crippen LogP) is 3.75. The highest BCUT2D eigenvalue weighted by atomic mass is 16.3. The van der Waals surface area contributed by atoms with E-state index in [2.05, 4.69) is 43.4 Å². The molecule has 0 spiro atoms. The molecule has 1 fully saturated rings. The largest absolute Gasteiger partial charge is 0.393 e. The number of nitrogens with zero attached hydrogens (tertiary/aromatic N) is 1. The summed E-state index contributed by atoms with van der Waals surface area (Å²) in [6, 6.07) is 8.54. The van der Waals surface area contributed by atoms with Crippen LogP contribution in [0.5, 0.6) is 0 Å². The number of urea groups is 1. The Bertz CT molecular complexity index is 517. The van der Waals surface area contributed by atoms with E-state index in [1.54, 1.807) is 0 Å². The summed E-state index contributed by atoms with van der Waals surface area (Å²) in [6.07, 6.45) is 2.56. The number of hydrogen-bond donors (Lipinski definition) is 2. The Labute approximate surface area is 146 Å². The molecule has 1 aliphatic heterocycles. The van der Waals surface area contributed by atoms with Crippen LogP contribution in [0.3, 0.4) is 0 Å². The number of carbonyl (C=O) groups is 1. The number of hydrogen-bond acceptors (Lipinski definition) is 2. The fraction of sp³-hybridized carbons (Fsp3) is 0.650. The standard InChI is InChI=1S/C20H32N2O2/c1-14(2)13-17-5-7-18(8-6-17)15(3)21-20(24)22-11-9-19(10-12-22)16(4)23/h5-8,14-16,19,23H,9-13H2,1-4H3,(H,21,24). The third kappa shape index (κ3) is 5.23. The smallest absolute Gasteiger partial charge is 0.317 e. The summed E-state index contributed by atoms with van der Waals surface area (Å²) < 4.78 is 0. The molecule has 2 rings (SSSR count). The number of benzene rings is 1. The van der Waals surface area contributed by atoms with Gasteiger partial charge in [0, 0.05) is 13.1 Å². The van der Waals surface area contributed by atoms with Gasteiger partial charge in [-0.3, -0.25) is 0 Å². The molecule has 2 amide bonds. The SMILES string of the molecule is CC(C)Cc1ccc(C(C)NC(=O)N2CCC(C(C)O)CC2)cc1. The van der Waals surface area contributed by atoms with Crippen LogP contribution >= 0.6 is 0 Å². The molecule has 0 aromatic heterocycles. The lowest BCUT2D eigenvalue weighted by molar-refractivity contribution is 0.0794. The second-order valence-electron chi connectivity index (χ2n) is 7.58. The van der Waals surface area contributed by atoms with Gasteiger partial charge in [0.15, 0.2) is 0 Å². The van der Waals surface area contributed by atoms with Crippen LogP contribution in [0, 0.1) is 11.8 Å². The van der Waals surface area contributed by atoms with Crippen LogP contribution in [0.4, 0.5) is 4.79 Å². The zero-order valence-corrected chi connectivity index (χ0v) is 15.5. The summed E-state index contributed by atoms with van der Waals surface area (Å²) in [5.74, 6) is 0.970. The van der Waals surface area contributed by atoms with Crippen molar-refractivity contribution in [2.45, 2.75) is 59.1 Å². The number of aliphatic hydroxyl groups excluding tert-OH is 1. The van der Waals surface area contributed by atoms with Crippen molar-refractivity contribution in [2.24, 2.45) is 11.8 Å². The van der Waals surface area contributed by atoms with Gasteiger partial charge in [-0.15, -0.1) is 0 Å². The van der Waals surface area contributed by atoms with Crippen LogP contribution < -0.4 is 5.32 Å². The highest BCUT2D eigenvalue weighted by molar-refractivity contribution is 5.74. The monoisotopic (exact) mass is 332 g/mol. The number of aliphatic hydroxyl groups is 1. The normalized spacial score (nSPS) is 18.5. The Kier molecular flexibility index (Phi) is 6.67. The van der Waals surface area contributed by atoms with Crippen LogP contribution in [-0.4, -0.2) is 35.2 Å². The molecule has 0 radical (unpaired) electrons. The van der Waals surface area contributed by atoms with Gasteiger partial charge in [-0.25, -0.2) is 4.79 Å². The summed E-state index contributed by atoms with van der Waals surface area (Å²) >= 11 is 0. The van der Waals surface area contributed by atoms with Crippen molar-refractivity contribution >= 4 is 6.03 Å². The van der Waals surface area contributed by atoms with E-state index in [1.807, 2.05) is 18.7 Å². The van der Waals surface area contributed by atoms with Crippen LogP contribution in [0.15, 0.2) is 24.3 Å². The van der Waals surface area contributed by atoms with E-state index in [0.717, 1.165) is 37.9 Å². The van der Waals surface area contributed by atoms with Crippen LogP contribution in [0.1, 0.15) is 57.7 Å². The van der Waals surface area contributed by atoms with Crippen molar-refractivity contribution in [3.63, 3.8) is 0 Å². The zero-order valence-electron chi connectivity index (χ0n) is 15.5. The Balaban J connectivity index is 1.85. The van der Waals surface area contributed by atoms with Crippen molar-refractivity contribution in [1.29, 1.82) is 0 Å². The highest BCUT2D eigenvalue weighted by Gasteiger charge is 2.26. The number of piperidine rings is 1. The van der Waals surface area contributed by atoms with Crippen LogP contribution in [0.25, 0.3) is 0 Å². The molecule has 24 heavy (non-hydrogen) atoms. The maximum Gasteiger partial charge on any atom is 0.317 e. The van der Waals surface area contributed by atoms with E-state index in [4.69, 9.17) is 0 Å². The molecule has 2 atom stereocenters. The average molecular weight is 332 g/mol. The fourth-order valence-corrected chi connectivity index (χ4v) is 3.36. The van der Waals surface area contributed by atoms with E-state index in [-0.39, 0.29) is 18.2 Å². The van der Waals surface area contributed by atoms with Crippen molar-refractivity contribution in [2.75, 3.05) is 13.1 Å². The molecular formula is C20H32N2O2. The van der Waals surface area contributed by atoms with Gasteiger partial charge in [0.1, 0.15) is 0 Å². The first-order chi connectivity index (χ1) is 11.4. The van der Waals surface area contributed by atoms with Gasteiger partial charge in [-0.1, -0.05) is 38.1 Å². The average Bonchev–Trinajstić information content (AvgIpc) is 2.55. The van der Waals surface area contributed by atoms with Gasteiger partial charge in [-0.05, 0) is 56.1 Å². The third-order valence-electron chi connectivity index (χ3n) is 4.97. The lowest BCUT2D eigenvalue weighted by Gasteiger charge is -2.34. The highest BCUT2D eigenvalue weighted by Crippen LogP contribution is 2.21. The number of carbonyl (C=O) groups excluding carboxylic acids is 1. The maximum absolute atomic E-state index is 12.4. The first-order valence-electron chi connectivity index (χ1n) is 9.19. The summed E-state index contributed by atoms with van der Waals surface area (Å²) in [4.78, 5) is 14.3. The van der Waals surface area contributed by atoms with Gasteiger partial charge in [0.2, 0.25) is 0 Å². The minimum absolute atomic E-state index is 0.0000823. The van der Waals surface area contributed by atoms with E-state index in [0.29, 0.717) is 11.8 Å². The first-order valence-corrected chi connectivity index (χ1v) is 9.19. The summed E-state index contributed by atoms with van der Waals surface area (Å²) in [5.41, 5.74) is 2.47. The summed E-state index contributed by atoms with van der Waals surface area (Å²) in [5, 5.41) is 12.7. The van der Waals surface area contributed by atoms with Crippen LogP contribution in [-0.2, 0) is 6.42 Å². The third-order valence-corrected chi connectivity index (χ3v) is 4.97. The second kappa shape index (κ2) is 8.52. The minimum Gasteiger partial charge on any atom is -0.393 e. The fourth-order valence-electron chi connectivity index (χ4n) is 3.36. The molecule has 1 heterocycles. The molecule has 2 N–H and O–H groups in total. The quantitative estimate of drug-likeness (QED) is 0.863. The Morgan fingerprint density at radius 2 is 1.75 bits per heavy atom. The van der Waals surface area contributed by atoms with Crippen LogP contribution in [0.2, 0.25) is 0 Å². The van der Waals surface area contributed by atoms with E-state index in [1.165, 1.54) is 5.56 Å². The van der Waals surface area contributed by atoms with E-state index in [9.17, 15) is 9.90 Å². The Morgan fingerprint density at radius 1 is 1.17 bits per heavy atom. The molecule has 4 nitrogen and oxygen atoms in total. The number of likely N-dealkylation sites (tertiary alicyclic amines) is 1. The van der Waals surface area contributed by atoms with Crippen molar-refractivity contribution < 1.29 is 9.90 Å². The second-order valence-corrected chi connectivity index (χ2v) is 7.58. The zero-order chi connectivity index (χ0) is 17.7. The van der Waals surface area contributed by atoms with Gasteiger partial charge in [0.25, 0.3) is 0 Å². The van der Waals surface area contributed by atoms with Gasteiger partial charge < -0.3 is 15.3 Å². The minimum atomic E-state index is -0.279. The van der Waals surface area contributed by atoms with Gasteiger partial charge >= 0.3 is 6.03 Å². The molecule has 2 unspecified atom stereocenters. The molecule has 1 saturated heterocycles. The van der Waals surface area contributed by atoms with E-state index < -0.39 is 0 Å². The summed E-state index contributed by atoms with van der Waals surface area (Å²) in [6.45, 7) is 9.75. The van der Waals surface area contributed by atoms with Crippen molar-refractivity contribution in [3.8, 4) is 0 Å². The summed E-state index contributed by atoms with van der Waals surface area (Å²) in [7, 11) is 0. The Morgan fingerprint density at radius 3 is 2.25 bits per heavy atom. The van der Waals surface area contributed by atoms with Gasteiger partial charge in [0.05, 0.1) is 12.1 Å². The van der Waals surface area contributed by atoms with Crippen molar-refractivity contribution in [1.82, 2.24) is 10.2 Å². The molecule has 1 aromatic rings. The molecule has 134 valence electrons. The molecule has 1 aromatic carbocycles. The molecule has 0 saturated carbocycles. The predicted molar refractivity (Wildman–Crippen MR) is 97.9 cm³/mol. The molecule has 0 aliphatic carbocycles. The molecular weight excluding hydrogens is 300 g/mol. The Hall–Kier alpha value is -1.55. The first kappa shape index (κ1) is 18.8. The van der Waals surface area contributed by atoms with Crippen molar-refractivity contribution in [3.05, 3.63) is 35.4 Å². The number of amides is 2. The molecule has 4 heteroatoms.